The second kappa shape index (κ2) is 9.06. The third kappa shape index (κ3) is 4.55. The first kappa shape index (κ1) is 23.1. The van der Waals surface area contributed by atoms with Crippen molar-refractivity contribution in [1.29, 1.82) is 0 Å². The van der Waals surface area contributed by atoms with E-state index >= 15 is 0 Å². The van der Waals surface area contributed by atoms with Gasteiger partial charge in [0.15, 0.2) is 11.6 Å². The molecule has 6 nitrogen and oxygen atoms in total. The van der Waals surface area contributed by atoms with E-state index in [1.54, 1.807) is 27.0 Å². The molecule has 7 heteroatoms. The maximum absolute atomic E-state index is 14.8. The van der Waals surface area contributed by atoms with Gasteiger partial charge in [-0.3, -0.25) is 4.79 Å². The molecular formula is C26H30FNO5. The summed E-state index contributed by atoms with van der Waals surface area (Å²) in [5, 5.41) is 9.49. The number of rotatable bonds is 5. The van der Waals surface area contributed by atoms with Crippen LogP contribution in [0.25, 0.3) is 5.57 Å². The molecule has 0 spiro atoms. The molecule has 2 heterocycles. The first-order valence-electron chi connectivity index (χ1n) is 11.1. The average molecular weight is 456 g/mol. The van der Waals surface area contributed by atoms with Crippen LogP contribution in [0.2, 0.25) is 0 Å². The summed E-state index contributed by atoms with van der Waals surface area (Å²) < 4.78 is 31.6. The minimum Gasteiger partial charge on any atom is -0.497 e. The number of nitrogens with zero attached hydrogens (tertiary/aromatic N) is 1. The van der Waals surface area contributed by atoms with Gasteiger partial charge in [0.2, 0.25) is 0 Å². The van der Waals surface area contributed by atoms with Crippen LogP contribution >= 0.6 is 0 Å². The third-order valence-corrected chi connectivity index (χ3v) is 6.50. The molecule has 176 valence electrons. The molecule has 0 amide bonds. The molecule has 0 aliphatic carbocycles. The summed E-state index contributed by atoms with van der Waals surface area (Å²) in [6.45, 7) is 5.77. The van der Waals surface area contributed by atoms with Crippen molar-refractivity contribution in [2.24, 2.45) is 5.41 Å². The summed E-state index contributed by atoms with van der Waals surface area (Å²) in [5.41, 5.74) is 3.90. The number of carboxylic acid groups (broad SMARTS) is 1. The van der Waals surface area contributed by atoms with E-state index in [0.717, 1.165) is 53.9 Å². The number of methoxy groups -OCH3 is 2. The van der Waals surface area contributed by atoms with Crippen LogP contribution in [-0.2, 0) is 11.4 Å². The zero-order chi connectivity index (χ0) is 23.8. The standard InChI is InChI=1S/C26H30FNO5/c1-26(2,25(29)30)15-28-9-7-16(8-10-28)24-19-13-21(27)23(32-4)11-17(19)14-33-22-6-5-18(31-3)12-20(22)24/h5-6,11-13H,7-10,14-15H2,1-4H3,(H,29,30). The van der Waals surface area contributed by atoms with Gasteiger partial charge < -0.3 is 24.2 Å². The van der Waals surface area contributed by atoms with Crippen molar-refractivity contribution in [2.45, 2.75) is 33.3 Å². The molecule has 0 unspecified atom stereocenters. The van der Waals surface area contributed by atoms with E-state index in [2.05, 4.69) is 4.90 Å². The number of hydrogen-bond donors (Lipinski definition) is 1. The van der Waals surface area contributed by atoms with Crippen LogP contribution in [-0.4, -0.2) is 49.8 Å². The minimum absolute atomic E-state index is 0.191. The van der Waals surface area contributed by atoms with Gasteiger partial charge in [-0.05, 0) is 68.2 Å². The fourth-order valence-electron chi connectivity index (χ4n) is 4.60. The van der Waals surface area contributed by atoms with Crippen molar-refractivity contribution >= 4 is 11.5 Å². The number of benzene rings is 2. The summed E-state index contributed by atoms with van der Waals surface area (Å²) in [7, 11) is 3.07. The Morgan fingerprint density at radius 1 is 1.12 bits per heavy atom. The fraction of sp³-hybridized carbons (Fsp3) is 0.423. The van der Waals surface area contributed by atoms with Gasteiger partial charge in [0.1, 0.15) is 18.1 Å². The molecule has 1 fully saturated rings. The van der Waals surface area contributed by atoms with E-state index in [0.29, 0.717) is 18.9 Å². The Morgan fingerprint density at radius 3 is 2.48 bits per heavy atom. The smallest absolute Gasteiger partial charge is 0.310 e. The van der Waals surface area contributed by atoms with Gasteiger partial charge >= 0.3 is 5.97 Å². The quantitative estimate of drug-likeness (QED) is 0.702. The van der Waals surface area contributed by atoms with Gasteiger partial charge in [-0.2, -0.15) is 0 Å². The lowest BCUT2D eigenvalue weighted by atomic mass is 9.85. The molecule has 2 aromatic carbocycles. The number of halogens is 1. The van der Waals surface area contributed by atoms with Crippen molar-refractivity contribution < 1.29 is 28.5 Å². The monoisotopic (exact) mass is 455 g/mol. The van der Waals surface area contributed by atoms with Crippen LogP contribution in [0.3, 0.4) is 0 Å². The Hall–Kier alpha value is -3.06. The highest BCUT2D eigenvalue weighted by Crippen LogP contribution is 2.43. The predicted molar refractivity (Wildman–Crippen MR) is 123 cm³/mol. The summed E-state index contributed by atoms with van der Waals surface area (Å²) >= 11 is 0. The average Bonchev–Trinajstić information content (AvgIpc) is 2.94. The lowest BCUT2D eigenvalue weighted by Crippen LogP contribution is -2.42. The van der Waals surface area contributed by atoms with E-state index in [-0.39, 0.29) is 5.75 Å². The summed E-state index contributed by atoms with van der Waals surface area (Å²) in [6.07, 6.45) is 1.52. The van der Waals surface area contributed by atoms with Crippen LogP contribution in [0.4, 0.5) is 4.39 Å². The van der Waals surface area contributed by atoms with Crippen LogP contribution in [0, 0.1) is 11.2 Å². The molecule has 2 aliphatic rings. The lowest BCUT2D eigenvalue weighted by Gasteiger charge is -2.34. The maximum Gasteiger partial charge on any atom is 0.310 e. The molecule has 0 saturated carbocycles. The van der Waals surface area contributed by atoms with Gasteiger partial charge in [-0.1, -0.05) is 5.57 Å². The van der Waals surface area contributed by atoms with Crippen LogP contribution in [0.5, 0.6) is 17.2 Å². The van der Waals surface area contributed by atoms with Gasteiger partial charge in [-0.25, -0.2) is 4.39 Å². The highest BCUT2D eigenvalue weighted by Gasteiger charge is 2.32. The SMILES string of the molecule is COc1ccc2c(c1)C(=C1CCN(CC(C)(C)C(=O)O)CC1)c1cc(F)c(OC)cc1CO2. The van der Waals surface area contributed by atoms with Crippen molar-refractivity contribution in [1.82, 2.24) is 4.90 Å². The van der Waals surface area contributed by atoms with E-state index in [9.17, 15) is 14.3 Å². The summed E-state index contributed by atoms with van der Waals surface area (Å²) in [4.78, 5) is 13.7. The molecule has 0 radical (unpaired) electrons. The van der Waals surface area contributed by atoms with Crippen LogP contribution < -0.4 is 14.2 Å². The molecule has 2 aromatic rings. The largest absolute Gasteiger partial charge is 0.497 e. The highest BCUT2D eigenvalue weighted by atomic mass is 19.1. The Balaban J connectivity index is 1.77. The first-order valence-corrected chi connectivity index (χ1v) is 11.1. The molecular weight excluding hydrogens is 425 g/mol. The number of fused-ring (bicyclic) bond motifs is 2. The predicted octanol–water partition coefficient (Wildman–Crippen LogP) is 4.74. The first-order chi connectivity index (χ1) is 15.7. The lowest BCUT2D eigenvalue weighted by molar-refractivity contribution is -0.148. The summed E-state index contributed by atoms with van der Waals surface area (Å²) in [5.74, 6) is 0.404. The minimum atomic E-state index is -0.812. The molecule has 1 saturated heterocycles. The number of piperidine rings is 1. The topological polar surface area (TPSA) is 68.2 Å². The van der Waals surface area contributed by atoms with Crippen molar-refractivity contribution in [3.8, 4) is 17.2 Å². The molecule has 0 aromatic heterocycles. The number of carboxylic acids is 1. The van der Waals surface area contributed by atoms with Crippen LogP contribution in [0.15, 0.2) is 35.9 Å². The van der Waals surface area contributed by atoms with Crippen molar-refractivity contribution in [3.05, 3.63) is 58.4 Å². The number of aliphatic carboxylic acids is 1. The second-order valence-electron chi connectivity index (χ2n) is 9.24. The Morgan fingerprint density at radius 2 is 1.85 bits per heavy atom. The maximum atomic E-state index is 14.8. The Bertz CT molecular complexity index is 1100. The zero-order valence-corrected chi connectivity index (χ0v) is 19.5. The molecule has 4 rings (SSSR count). The van der Waals surface area contributed by atoms with E-state index < -0.39 is 17.2 Å². The molecule has 1 N–H and O–H groups in total. The normalized spacial score (nSPS) is 16.4. The van der Waals surface area contributed by atoms with Crippen LogP contribution in [0.1, 0.15) is 43.4 Å². The van der Waals surface area contributed by atoms with Crippen molar-refractivity contribution in [2.75, 3.05) is 33.9 Å². The van der Waals surface area contributed by atoms with Gasteiger partial charge in [-0.15, -0.1) is 0 Å². The second-order valence-corrected chi connectivity index (χ2v) is 9.24. The highest BCUT2D eigenvalue weighted by molar-refractivity contribution is 5.88. The van der Waals surface area contributed by atoms with Gasteiger partial charge in [0.05, 0.1) is 19.6 Å². The number of likely N-dealkylation sites (tertiary alicyclic amines) is 1. The Kier molecular flexibility index (Phi) is 6.34. The Labute approximate surface area is 193 Å². The van der Waals surface area contributed by atoms with E-state index in [1.165, 1.54) is 18.7 Å². The summed E-state index contributed by atoms with van der Waals surface area (Å²) in [6, 6.07) is 8.93. The molecule has 0 bridgehead atoms. The van der Waals surface area contributed by atoms with Crippen molar-refractivity contribution in [3.63, 3.8) is 0 Å². The molecule has 33 heavy (non-hydrogen) atoms. The van der Waals surface area contributed by atoms with Gasteiger partial charge in [0.25, 0.3) is 0 Å². The van der Waals surface area contributed by atoms with E-state index in [1.807, 2.05) is 18.2 Å². The fourth-order valence-corrected chi connectivity index (χ4v) is 4.60. The number of hydrogen-bond acceptors (Lipinski definition) is 5. The van der Waals surface area contributed by atoms with Gasteiger partial charge in [0, 0.05) is 30.8 Å². The number of carbonyl (C=O) groups is 1. The zero-order valence-electron chi connectivity index (χ0n) is 19.5. The molecule has 2 aliphatic heterocycles. The molecule has 0 atom stereocenters. The van der Waals surface area contributed by atoms with E-state index in [4.69, 9.17) is 14.2 Å². The third-order valence-electron chi connectivity index (χ3n) is 6.50. The number of ether oxygens (including phenoxy) is 3.